The number of rotatable bonds is 3. The van der Waals surface area contributed by atoms with Crippen LogP contribution < -0.4 is 5.73 Å². The van der Waals surface area contributed by atoms with Gasteiger partial charge in [0, 0.05) is 24.5 Å². The maximum Gasteiger partial charge on any atom is 0.0308 e. The molecule has 0 bridgehead atoms. The highest BCUT2D eigenvalue weighted by Crippen LogP contribution is 2.23. The van der Waals surface area contributed by atoms with Crippen LogP contribution >= 0.6 is 0 Å². The van der Waals surface area contributed by atoms with Gasteiger partial charge in [0.1, 0.15) is 0 Å². The van der Waals surface area contributed by atoms with Crippen molar-refractivity contribution in [2.45, 2.75) is 27.2 Å². The fourth-order valence-corrected chi connectivity index (χ4v) is 2.34. The fraction of sp³-hybridized carbons (Fsp3) is 0.571. The Morgan fingerprint density at radius 3 is 2.31 bits per heavy atom. The molecule has 2 heteroatoms. The van der Waals surface area contributed by atoms with E-state index >= 15 is 0 Å². The molecule has 0 aromatic heterocycles. The molecule has 2 nitrogen and oxygen atoms in total. The summed E-state index contributed by atoms with van der Waals surface area (Å²) in [6.07, 6.45) is 7.02. The molecule has 1 unspecified atom stereocenters. The van der Waals surface area contributed by atoms with Gasteiger partial charge in [-0.25, -0.2) is 0 Å². The molecule has 16 heavy (non-hydrogen) atoms. The van der Waals surface area contributed by atoms with Crippen molar-refractivity contribution < 1.29 is 0 Å². The molecular formula is C14H24N2. The first-order valence-electron chi connectivity index (χ1n) is 6.04. The largest absolute Gasteiger partial charge is 0.399 e. The van der Waals surface area contributed by atoms with Crippen LogP contribution in [0.25, 0.3) is 0 Å². The van der Waals surface area contributed by atoms with Crippen molar-refractivity contribution in [3.05, 3.63) is 36.2 Å². The van der Waals surface area contributed by atoms with Crippen molar-refractivity contribution in [1.82, 2.24) is 4.90 Å². The lowest BCUT2D eigenvalue weighted by Gasteiger charge is -2.37. The second-order valence-corrected chi connectivity index (χ2v) is 5.03. The molecule has 90 valence electrons. The second-order valence-electron chi connectivity index (χ2n) is 5.03. The molecule has 2 N–H and O–H groups in total. The zero-order chi connectivity index (χ0) is 12.1. The van der Waals surface area contributed by atoms with Crippen molar-refractivity contribution in [3.63, 3.8) is 0 Å². The lowest BCUT2D eigenvalue weighted by Crippen LogP contribution is -2.37. The quantitative estimate of drug-likeness (QED) is 0.741. The first-order chi connectivity index (χ1) is 7.52. The summed E-state index contributed by atoms with van der Waals surface area (Å²) in [4.78, 5) is 2.45. The van der Waals surface area contributed by atoms with E-state index in [9.17, 15) is 0 Å². The van der Waals surface area contributed by atoms with Crippen molar-refractivity contribution in [2.24, 2.45) is 17.6 Å². The van der Waals surface area contributed by atoms with Crippen LogP contribution in [-0.2, 0) is 0 Å². The van der Waals surface area contributed by atoms with Crippen LogP contribution in [0, 0.1) is 11.8 Å². The lowest BCUT2D eigenvalue weighted by atomic mass is 9.91. The predicted octanol–water partition coefficient (Wildman–Crippen LogP) is 2.90. The minimum atomic E-state index is 0.720. The van der Waals surface area contributed by atoms with Gasteiger partial charge in [0.25, 0.3) is 0 Å². The standard InChI is InChI=1S/C14H24N2/c1-5-14(15)7-6-13(4)16-9-11(2)8-12(3)10-16/h5-7,11-12H,1,8-10,15H2,2-4H3/b13-6+,14-7+/t11-,12?/m1/s1. The minimum absolute atomic E-state index is 0.720. The molecule has 0 amide bonds. The van der Waals surface area contributed by atoms with Crippen LogP contribution in [0.1, 0.15) is 27.2 Å². The van der Waals surface area contributed by atoms with Gasteiger partial charge in [0.15, 0.2) is 0 Å². The first kappa shape index (κ1) is 12.9. The van der Waals surface area contributed by atoms with Crippen LogP contribution in [0.2, 0.25) is 0 Å². The summed E-state index contributed by atoms with van der Waals surface area (Å²) in [5.74, 6) is 1.57. The van der Waals surface area contributed by atoms with Gasteiger partial charge in [-0.2, -0.15) is 0 Å². The van der Waals surface area contributed by atoms with Crippen molar-refractivity contribution >= 4 is 0 Å². The van der Waals surface area contributed by atoms with Gasteiger partial charge in [-0.1, -0.05) is 20.4 Å². The minimum Gasteiger partial charge on any atom is -0.399 e. The SMILES string of the molecule is C=C/C(N)=C\C=C(/C)N1CC(C)C[C@@H](C)C1. The third-order valence-electron chi connectivity index (χ3n) is 3.12. The smallest absolute Gasteiger partial charge is 0.0308 e. The third-order valence-corrected chi connectivity index (χ3v) is 3.12. The Balaban J connectivity index is 2.65. The summed E-state index contributed by atoms with van der Waals surface area (Å²) in [6.45, 7) is 12.8. The van der Waals surface area contributed by atoms with Gasteiger partial charge in [0.2, 0.25) is 0 Å². The van der Waals surface area contributed by atoms with Crippen LogP contribution in [-0.4, -0.2) is 18.0 Å². The molecule has 0 saturated carbocycles. The van der Waals surface area contributed by atoms with E-state index in [1.807, 2.05) is 6.08 Å². The van der Waals surface area contributed by atoms with Gasteiger partial charge in [-0.05, 0) is 43.4 Å². The molecule has 0 aliphatic carbocycles. The normalized spacial score (nSPS) is 28.1. The van der Waals surface area contributed by atoms with Crippen molar-refractivity contribution in [2.75, 3.05) is 13.1 Å². The van der Waals surface area contributed by atoms with Crippen LogP contribution in [0.4, 0.5) is 0 Å². The Labute approximate surface area is 99.5 Å². The molecule has 1 aliphatic rings. The predicted molar refractivity (Wildman–Crippen MR) is 70.7 cm³/mol. The summed E-state index contributed by atoms with van der Waals surface area (Å²) >= 11 is 0. The Morgan fingerprint density at radius 2 is 1.81 bits per heavy atom. The average Bonchev–Trinajstić information content (AvgIpc) is 2.23. The molecule has 0 spiro atoms. The van der Waals surface area contributed by atoms with E-state index in [0.717, 1.165) is 30.6 Å². The molecule has 2 atom stereocenters. The summed E-state index contributed by atoms with van der Waals surface area (Å²) in [5, 5.41) is 0. The second kappa shape index (κ2) is 5.78. The maximum absolute atomic E-state index is 5.69. The molecule has 0 aromatic carbocycles. The van der Waals surface area contributed by atoms with E-state index in [1.54, 1.807) is 6.08 Å². The number of hydrogen-bond acceptors (Lipinski definition) is 2. The monoisotopic (exact) mass is 220 g/mol. The van der Waals surface area contributed by atoms with E-state index in [1.165, 1.54) is 12.1 Å². The highest BCUT2D eigenvalue weighted by atomic mass is 15.1. The molecule has 1 aliphatic heterocycles. The Bertz CT molecular complexity index is 292. The molecular weight excluding hydrogens is 196 g/mol. The average molecular weight is 220 g/mol. The van der Waals surface area contributed by atoms with Crippen LogP contribution in [0.5, 0.6) is 0 Å². The van der Waals surface area contributed by atoms with E-state index in [4.69, 9.17) is 5.73 Å². The van der Waals surface area contributed by atoms with Gasteiger partial charge in [0.05, 0.1) is 0 Å². The molecule has 1 saturated heterocycles. The molecule has 1 heterocycles. The number of nitrogens with two attached hydrogens (primary N) is 1. The number of piperidine rings is 1. The molecule has 0 aromatic rings. The summed E-state index contributed by atoms with van der Waals surface area (Å²) in [6, 6.07) is 0. The van der Waals surface area contributed by atoms with Gasteiger partial charge in [-0.3, -0.25) is 0 Å². The van der Waals surface area contributed by atoms with Crippen molar-refractivity contribution in [3.8, 4) is 0 Å². The lowest BCUT2D eigenvalue weighted by molar-refractivity contribution is 0.178. The van der Waals surface area contributed by atoms with E-state index in [-0.39, 0.29) is 0 Å². The van der Waals surface area contributed by atoms with E-state index in [0.29, 0.717) is 0 Å². The Kier molecular flexibility index (Phi) is 4.66. The molecule has 0 radical (unpaired) electrons. The van der Waals surface area contributed by atoms with Crippen molar-refractivity contribution in [1.29, 1.82) is 0 Å². The number of likely N-dealkylation sites (tertiary alicyclic amines) is 1. The first-order valence-corrected chi connectivity index (χ1v) is 6.04. The zero-order valence-electron chi connectivity index (χ0n) is 10.7. The van der Waals surface area contributed by atoms with Gasteiger partial charge < -0.3 is 10.6 Å². The van der Waals surface area contributed by atoms with E-state index in [2.05, 4.69) is 38.3 Å². The maximum atomic E-state index is 5.69. The summed E-state index contributed by atoms with van der Waals surface area (Å²) in [7, 11) is 0. The molecule has 1 rings (SSSR count). The van der Waals surface area contributed by atoms with Crippen LogP contribution in [0.3, 0.4) is 0 Å². The number of hydrogen-bond donors (Lipinski definition) is 1. The highest BCUT2D eigenvalue weighted by molar-refractivity contribution is 5.21. The van der Waals surface area contributed by atoms with Crippen LogP contribution in [0.15, 0.2) is 36.2 Å². The molecule has 1 fully saturated rings. The Hall–Kier alpha value is -1.18. The van der Waals surface area contributed by atoms with Gasteiger partial charge in [-0.15, -0.1) is 0 Å². The fourth-order valence-electron chi connectivity index (χ4n) is 2.34. The number of allylic oxidation sites excluding steroid dienone is 4. The summed E-state index contributed by atoms with van der Waals surface area (Å²) < 4.78 is 0. The summed E-state index contributed by atoms with van der Waals surface area (Å²) in [5.41, 5.74) is 7.70. The van der Waals surface area contributed by atoms with E-state index < -0.39 is 0 Å². The number of nitrogens with zero attached hydrogens (tertiary/aromatic N) is 1. The highest BCUT2D eigenvalue weighted by Gasteiger charge is 2.21. The Morgan fingerprint density at radius 1 is 1.25 bits per heavy atom. The topological polar surface area (TPSA) is 29.3 Å². The third kappa shape index (κ3) is 3.76. The zero-order valence-corrected chi connectivity index (χ0v) is 10.7. The van der Waals surface area contributed by atoms with Gasteiger partial charge >= 0.3 is 0 Å².